The third kappa shape index (κ3) is 5.32. The highest BCUT2D eigenvalue weighted by Crippen LogP contribution is 2.29. The molecule has 0 saturated carbocycles. The number of rotatable bonds is 6. The van der Waals surface area contributed by atoms with E-state index in [-0.39, 0.29) is 11.7 Å². The minimum absolute atomic E-state index is 0.0416. The molecule has 1 unspecified atom stereocenters. The van der Waals surface area contributed by atoms with Gasteiger partial charge in [0.05, 0.1) is 18.3 Å². The van der Waals surface area contributed by atoms with Crippen molar-refractivity contribution in [3.05, 3.63) is 83.0 Å². The molecule has 1 fully saturated rings. The molecule has 0 bridgehead atoms. The van der Waals surface area contributed by atoms with Crippen molar-refractivity contribution in [2.24, 2.45) is 0 Å². The Hall–Kier alpha value is -3.14. The molecule has 0 aromatic heterocycles. The Morgan fingerprint density at radius 3 is 2.94 bits per heavy atom. The SMILES string of the molecule is CN1C=C(OCc2ccc(CC3CNCCO3)cc2-c2ccc(C#N)c(F)c2)C=CC1. The second kappa shape index (κ2) is 9.78. The lowest BCUT2D eigenvalue weighted by Gasteiger charge is -2.24. The first-order chi connectivity index (χ1) is 15.1. The summed E-state index contributed by atoms with van der Waals surface area (Å²) in [7, 11) is 1.99. The van der Waals surface area contributed by atoms with E-state index in [4.69, 9.17) is 14.7 Å². The number of nitriles is 1. The first kappa shape index (κ1) is 21.1. The number of allylic oxidation sites excluding steroid dienone is 1. The lowest BCUT2D eigenvalue weighted by atomic mass is 9.94. The summed E-state index contributed by atoms with van der Waals surface area (Å²) in [5, 5.41) is 12.4. The molecule has 31 heavy (non-hydrogen) atoms. The Bertz CT molecular complexity index is 1040. The number of nitrogens with one attached hydrogen (secondary N) is 1. The summed E-state index contributed by atoms with van der Waals surface area (Å²) < 4.78 is 26.2. The zero-order valence-electron chi connectivity index (χ0n) is 17.6. The Morgan fingerprint density at radius 2 is 2.19 bits per heavy atom. The largest absolute Gasteiger partial charge is 0.487 e. The summed E-state index contributed by atoms with van der Waals surface area (Å²) in [5.74, 6) is 0.271. The summed E-state index contributed by atoms with van der Waals surface area (Å²) in [6.45, 7) is 3.63. The Morgan fingerprint density at radius 1 is 1.29 bits per heavy atom. The van der Waals surface area contributed by atoms with E-state index >= 15 is 0 Å². The molecule has 0 radical (unpaired) electrons. The minimum atomic E-state index is -0.517. The van der Waals surface area contributed by atoms with Crippen molar-refractivity contribution in [2.45, 2.75) is 19.1 Å². The highest BCUT2D eigenvalue weighted by molar-refractivity contribution is 5.69. The van der Waals surface area contributed by atoms with Gasteiger partial charge in [0.15, 0.2) is 0 Å². The van der Waals surface area contributed by atoms with E-state index in [1.54, 1.807) is 6.07 Å². The van der Waals surface area contributed by atoms with E-state index in [1.165, 1.54) is 12.1 Å². The van der Waals surface area contributed by atoms with Crippen molar-refractivity contribution >= 4 is 0 Å². The van der Waals surface area contributed by atoms with Gasteiger partial charge in [-0.15, -0.1) is 0 Å². The number of nitrogens with zero attached hydrogens (tertiary/aromatic N) is 2. The second-order valence-electron chi connectivity index (χ2n) is 7.86. The molecule has 1 atom stereocenters. The lowest BCUT2D eigenvalue weighted by Crippen LogP contribution is -2.39. The molecular formula is C25H26FN3O2. The van der Waals surface area contributed by atoms with E-state index in [0.29, 0.717) is 13.2 Å². The second-order valence-corrected chi connectivity index (χ2v) is 7.86. The molecule has 2 heterocycles. The molecule has 4 rings (SSSR count). The van der Waals surface area contributed by atoms with Crippen LogP contribution >= 0.6 is 0 Å². The van der Waals surface area contributed by atoms with Crippen LogP contribution in [-0.2, 0) is 22.5 Å². The fourth-order valence-electron chi connectivity index (χ4n) is 3.83. The Labute approximate surface area is 182 Å². The molecule has 0 spiro atoms. The number of hydrogen-bond donors (Lipinski definition) is 1. The summed E-state index contributed by atoms with van der Waals surface area (Å²) in [4.78, 5) is 2.05. The summed E-state index contributed by atoms with van der Waals surface area (Å²) in [6, 6.07) is 12.8. The van der Waals surface area contributed by atoms with Crippen LogP contribution in [0.4, 0.5) is 4.39 Å². The number of likely N-dealkylation sites (N-methyl/N-ethyl adjacent to an activating group) is 1. The van der Waals surface area contributed by atoms with Gasteiger partial charge in [-0.1, -0.05) is 30.3 Å². The van der Waals surface area contributed by atoms with Gasteiger partial charge in [-0.2, -0.15) is 5.26 Å². The van der Waals surface area contributed by atoms with Crippen molar-refractivity contribution in [3.63, 3.8) is 0 Å². The maximum absolute atomic E-state index is 14.4. The smallest absolute Gasteiger partial charge is 0.141 e. The Kier molecular flexibility index (Phi) is 6.66. The quantitative estimate of drug-likeness (QED) is 0.773. The van der Waals surface area contributed by atoms with Crippen molar-refractivity contribution < 1.29 is 13.9 Å². The van der Waals surface area contributed by atoms with Gasteiger partial charge in [0, 0.05) is 32.9 Å². The molecule has 5 nitrogen and oxygen atoms in total. The van der Waals surface area contributed by atoms with Crippen LogP contribution in [0.1, 0.15) is 16.7 Å². The molecule has 0 amide bonds. The van der Waals surface area contributed by atoms with Crippen LogP contribution < -0.4 is 5.32 Å². The molecule has 2 aliphatic rings. The molecule has 1 saturated heterocycles. The first-order valence-corrected chi connectivity index (χ1v) is 10.5. The van der Waals surface area contributed by atoms with E-state index in [1.807, 2.05) is 42.4 Å². The van der Waals surface area contributed by atoms with Gasteiger partial charge < -0.3 is 19.7 Å². The lowest BCUT2D eigenvalue weighted by molar-refractivity contribution is 0.0292. The monoisotopic (exact) mass is 419 g/mol. The maximum Gasteiger partial charge on any atom is 0.141 e. The number of ether oxygens (including phenoxy) is 2. The van der Waals surface area contributed by atoms with Crippen LogP contribution in [0.25, 0.3) is 11.1 Å². The van der Waals surface area contributed by atoms with E-state index in [2.05, 4.69) is 17.4 Å². The molecule has 2 aromatic rings. The van der Waals surface area contributed by atoms with Crippen LogP contribution in [0, 0.1) is 17.1 Å². The van der Waals surface area contributed by atoms with Crippen LogP contribution in [0.15, 0.2) is 60.5 Å². The molecule has 2 aromatic carbocycles. The third-order valence-electron chi connectivity index (χ3n) is 5.46. The van der Waals surface area contributed by atoms with Crippen LogP contribution in [0.5, 0.6) is 0 Å². The van der Waals surface area contributed by atoms with Gasteiger partial charge in [-0.3, -0.25) is 0 Å². The van der Waals surface area contributed by atoms with Gasteiger partial charge >= 0.3 is 0 Å². The topological polar surface area (TPSA) is 57.5 Å². The average Bonchev–Trinajstić information content (AvgIpc) is 2.79. The van der Waals surface area contributed by atoms with Crippen molar-refractivity contribution in [2.75, 3.05) is 33.3 Å². The molecule has 0 aliphatic carbocycles. The summed E-state index contributed by atoms with van der Waals surface area (Å²) in [5.41, 5.74) is 3.75. The number of benzene rings is 2. The molecule has 1 N–H and O–H groups in total. The highest BCUT2D eigenvalue weighted by Gasteiger charge is 2.16. The van der Waals surface area contributed by atoms with Gasteiger partial charge in [-0.25, -0.2) is 4.39 Å². The molecule has 2 aliphatic heterocycles. The predicted octanol–water partition coefficient (Wildman–Crippen LogP) is 3.75. The predicted molar refractivity (Wildman–Crippen MR) is 118 cm³/mol. The van der Waals surface area contributed by atoms with Gasteiger partial charge in [-0.05, 0) is 46.9 Å². The van der Waals surface area contributed by atoms with Crippen LogP contribution in [0.3, 0.4) is 0 Å². The van der Waals surface area contributed by atoms with Crippen LogP contribution in [0.2, 0.25) is 0 Å². The first-order valence-electron chi connectivity index (χ1n) is 10.5. The fraction of sp³-hybridized carbons (Fsp3) is 0.320. The van der Waals surface area contributed by atoms with E-state index in [9.17, 15) is 4.39 Å². The van der Waals surface area contributed by atoms with Gasteiger partial charge in [0.1, 0.15) is 24.3 Å². The molecular weight excluding hydrogens is 393 g/mol. The number of hydrogen-bond acceptors (Lipinski definition) is 5. The standard InChI is InChI=1S/C25H26FN3O2/c1-29-9-2-3-22(16-29)31-17-21-5-4-18(11-23-15-28-8-10-30-23)12-24(21)19-6-7-20(14-27)25(26)13-19/h2-7,12-13,16,23,28H,8-11,15,17H2,1H3. The fourth-order valence-corrected chi connectivity index (χ4v) is 3.83. The minimum Gasteiger partial charge on any atom is -0.487 e. The zero-order chi connectivity index (χ0) is 21.6. The molecule has 6 heteroatoms. The van der Waals surface area contributed by atoms with Crippen LogP contribution in [-0.4, -0.2) is 44.3 Å². The third-order valence-corrected chi connectivity index (χ3v) is 5.46. The van der Waals surface area contributed by atoms with E-state index in [0.717, 1.165) is 54.1 Å². The normalized spacial score (nSPS) is 18.4. The van der Waals surface area contributed by atoms with E-state index < -0.39 is 5.82 Å². The highest BCUT2D eigenvalue weighted by atomic mass is 19.1. The van der Waals surface area contributed by atoms with Crippen molar-refractivity contribution in [3.8, 4) is 17.2 Å². The van der Waals surface area contributed by atoms with Gasteiger partial charge in [0.25, 0.3) is 0 Å². The van der Waals surface area contributed by atoms with Crippen molar-refractivity contribution in [1.29, 1.82) is 5.26 Å². The number of morpholine rings is 1. The zero-order valence-corrected chi connectivity index (χ0v) is 17.6. The molecule has 160 valence electrons. The number of halogens is 1. The summed E-state index contributed by atoms with van der Waals surface area (Å²) in [6.07, 6.45) is 6.87. The maximum atomic E-state index is 14.4. The average molecular weight is 420 g/mol. The Balaban J connectivity index is 1.62. The van der Waals surface area contributed by atoms with Gasteiger partial charge in [0.2, 0.25) is 0 Å². The van der Waals surface area contributed by atoms with Crippen molar-refractivity contribution in [1.82, 2.24) is 10.2 Å². The summed E-state index contributed by atoms with van der Waals surface area (Å²) >= 11 is 0.